The van der Waals surface area contributed by atoms with Crippen LogP contribution in [-0.2, 0) is 11.3 Å². The Morgan fingerprint density at radius 2 is 1.85 bits per heavy atom. The van der Waals surface area contributed by atoms with E-state index in [0.29, 0.717) is 24.9 Å². The number of likely N-dealkylation sites (tertiary alicyclic amines) is 2. The van der Waals surface area contributed by atoms with Gasteiger partial charge in [-0.25, -0.2) is 4.68 Å². The zero-order chi connectivity index (χ0) is 18.8. The molecule has 0 aliphatic carbocycles. The fraction of sp³-hybridized carbons (Fsp3) is 0.500. The van der Waals surface area contributed by atoms with E-state index in [0.717, 1.165) is 43.7 Å². The van der Waals surface area contributed by atoms with Crippen LogP contribution in [-0.4, -0.2) is 63.2 Å². The largest absolute Gasteiger partial charge is 0.341 e. The Bertz CT molecular complexity index is 860. The maximum atomic E-state index is 12.2. The molecule has 2 aromatic rings. The normalized spacial score (nSPS) is 21.3. The van der Waals surface area contributed by atoms with E-state index in [9.17, 15) is 9.59 Å². The van der Waals surface area contributed by atoms with Crippen molar-refractivity contribution in [2.75, 3.05) is 26.7 Å². The van der Waals surface area contributed by atoms with Crippen LogP contribution in [0.15, 0.2) is 41.5 Å². The Morgan fingerprint density at radius 3 is 2.63 bits per heavy atom. The van der Waals surface area contributed by atoms with E-state index < -0.39 is 0 Å². The Morgan fingerprint density at radius 1 is 1.07 bits per heavy atom. The topological polar surface area (TPSA) is 71.3 Å². The van der Waals surface area contributed by atoms with Gasteiger partial charge in [0.2, 0.25) is 5.91 Å². The van der Waals surface area contributed by atoms with E-state index in [1.807, 2.05) is 24.1 Å². The average molecular weight is 367 g/mol. The molecule has 2 fully saturated rings. The summed E-state index contributed by atoms with van der Waals surface area (Å²) in [6.45, 7) is 3.46. The third kappa shape index (κ3) is 3.93. The van der Waals surface area contributed by atoms with E-state index in [2.05, 4.69) is 15.0 Å². The van der Waals surface area contributed by atoms with Crippen molar-refractivity contribution in [1.82, 2.24) is 24.6 Å². The molecule has 1 atom stereocenters. The highest BCUT2D eigenvalue weighted by molar-refractivity contribution is 5.76. The van der Waals surface area contributed by atoms with Gasteiger partial charge in [0, 0.05) is 69.1 Å². The average Bonchev–Trinajstić information content (AvgIpc) is 2.65. The molecule has 0 spiro atoms. The molecule has 27 heavy (non-hydrogen) atoms. The number of aromatic nitrogens is 3. The molecule has 4 rings (SSSR count). The quantitative estimate of drug-likeness (QED) is 0.795. The van der Waals surface area contributed by atoms with Crippen molar-refractivity contribution in [3.8, 4) is 11.3 Å². The highest BCUT2D eigenvalue weighted by atomic mass is 16.2. The van der Waals surface area contributed by atoms with Crippen molar-refractivity contribution >= 4 is 5.91 Å². The van der Waals surface area contributed by atoms with E-state index in [1.165, 1.54) is 0 Å². The van der Waals surface area contributed by atoms with Crippen LogP contribution in [0.4, 0.5) is 0 Å². The summed E-state index contributed by atoms with van der Waals surface area (Å²) in [6, 6.07) is 7.45. The zero-order valence-corrected chi connectivity index (χ0v) is 15.6. The summed E-state index contributed by atoms with van der Waals surface area (Å²) in [5.74, 6) is 0.680. The van der Waals surface area contributed by atoms with Crippen LogP contribution in [0.2, 0.25) is 0 Å². The van der Waals surface area contributed by atoms with Gasteiger partial charge in [-0.15, -0.1) is 0 Å². The number of amides is 1. The first kappa shape index (κ1) is 17.9. The first-order valence-corrected chi connectivity index (χ1v) is 9.57. The highest BCUT2D eigenvalue weighted by Gasteiger charge is 2.32. The summed E-state index contributed by atoms with van der Waals surface area (Å²) in [5.41, 5.74) is 1.68. The number of likely N-dealkylation sites (N-methyl/N-ethyl adjacent to an activating group) is 1. The second-order valence-corrected chi connectivity index (χ2v) is 7.61. The number of hydrogen-bond acceptors (Lipinski definition) is 5. The van der Waals surface area contributed by atoms with Crippen LogP contribution < -0.4 is 5.56 Å². The third-order valence-corrected chi connectivity index (χ3v) is 5.64. The van der Waals surface area contributed by atoms with Crippen molar-refractivity contribution in [3.05, 3.63) is 47.0 Å². The molecule has 1 unspecified atom stereocenters. The van der Waals surface area contributed by atoms with Gasteiger partial charge in [-0.1, -0.05) is 0 Å². The van der Waals surface area contributed by atoms with Crippen LogP contribution in [0.25, 0.3) is 11.3 Å². The van der Waals surface area contributed by atoms with Gasteiger partial charge in [0.15, 0.2) is 0 Å². The lowest BCUT2D eigenvalue weighted by atomic mass is 9.96. The molecule has 142 valence electrons. The number of nitrogens with zero attached hydrogens (tertiary/aromatic N) is 5. The van der Waals surface area contributed by atoms with E-state index >= 15 is 0 Å². The van der Waals surface area contributed by atoms with Crippen LogP contribution in [0, 0.1) is 5.92 Å². The lowest BCUT2D eigenvalue weighted by molar-refractivity contribution is -0.135. The molecule has 0 N–H and O–H groups in total. The maximum absolute atomic E-state index is 12.2. The van der Waals surface area contributed by atoms with Crippen LogP contribution in [0.3, 0.4) is 0 Å². The minimum absolute atomic E-state index is 0.0659. The number of piperidine rings is 1. The summed E-state index contributed by atoms with van der Waals surface area (Å²) in [4.78, 5) is 32.3. The summed E-state index contributed by atoms with van der Waals surface area (Å²) in [6.07, 6.45) is 6.20. The summed E-state index contributed by atoms with van der Waals surface area (Å²) in [5, 5.41) is 4.53. The molecule has 2 aromatic heterocycles. The molecule has 2 saturated heterocycles. The first-order chi connectivity index (χ1) is 13.1. The standard InChI is InChI=1S/C20H25N5O2/c1-23-17(3-2-4-19(23)26)14-24-11-15(12-24)13-25-20(27)6-5-18(22-25)16-7-9-21-10-8-16/h5-10,15,17H,2-4,11-14H2,1H3. The van der Waals surface area contributed by atoms with Gasteiger partial charge in [-0.3, -0.25) is 14.6 Å². The number of carbonyl (C=O) groups is 1. The SMILES string of the molecule is CN1C(=O)CCCC1CN1CC(Cn2nc(-c3ccncc3)ccc2=O)C1. The van der Waals surface area contributed by atoms with Gasteiger partial charge in [0.25, 0.3) is 5.56 Å². The summed E-state index contributed by atoms with van der Waals surface area (Å²) in [7, 11) is 1.91. The molecule has 7 heteroatoms. The molecule has 2 aliphatic rings. The van der Waals surface area contributed by atoms with Crippen LogP contribution >= 0.6 is 0 Å². The molecule has 1 amide bonds. The van der Waals surface area contributed by atoms with Crippen LogP contribution in [0.1, 0.15) is 19.3 Å². The van der Waals surface area contributed by atoms with Crippen molar-refractivity contribution in [1.29, 1.82) is 0 Å². The van der Waals surface area contributed by atoms with Gasteiger partial charge in [-0.05, 0) is 31.0 Å². The third-order valence-electron chi connectivity index (χ3n) is 5.64. The Kier molecular flexibility index (Phi) is 5.03. The number of hydrogen-bond donors (Lipinski definition) is 0. The minimum Gasteiger partial charge on any atom is -0.341 e. The summed E-state index contributed by atoms with van der Waals surface area (Å²) < 4.78 is 1.58. The highest BCUT2D eigenvalue weighted by Crippen LogP contribution is 2.23. The maximum Gasteiger partial charge on any atom is 0.266 e. The van der Waals surface area contributed by atoms with Gasteiger partial charge in [0.1, 0.15) is 0 Å². The molecular formula is C20H25N5O2. The molecule has 2 aliphatic heterocycles. The van der Waals surface area contributed by atoms with Crippen molar-refractivity contribution in [2.24, 2.45) is 5.92 Å². The molecule has 0 aromatic carbocycles. The molecular weight excluding hydrogens is 342 g/mol. The Balaban J connectivity index is 1.35. The molecule has 7 nitrogen and oxygen atoms in total. The van der Waals surface area contributed by atoms with Crippen LogP contribution in [0.5, 0.6) is 0 Å². The van der Waals surface area contributed by atoms with Crippen molar-refractivity contribution < 1.29 is 4.79 Å². The minimum atomic E-state index is -0.0659. The molecule has 4 heterocycles. The van der Waals surface area contributed by atoms with Crippen molar-refractivity contribution in [3.63, 3.8) is 0 Å². The predicted octanol–water partition coefficient (Wildman–Crippen LogP) is 1.25. The number of pyridine rings is 1. The van der Waals surface area contributed by atoms with Gasteiger partial charge in [0.05, 0.1) is 12.2 Å². The molecule has 0 bridgehead atoms. The molecule has 0 radical (unpaired) electrons. The second kappa shape index (κ2) is 7.60. The van der Waals surface area contributed by atoms with Gasteiger partial charge >= 0.3 is 0 Å². The lowest BCUT2D eigenvalue weighted by Crippen LogP contribution is -2.55. The van der Waals surface area contributed by atoms with E-state index in [-0.39, 0.29) is 11.5 Å². The second-order valence-electron chi connectivity index (χ2n) is 7.61. The summed E-state index contributed by atoms with van der Waals surface area (Å²) >= 11 is 0. The van der Waals surface area contributed by atoms with Gasteiger partial charge in [-0.2, -0.15) is 5.10 Å². The first-order valence-electron chi connectivity index (χ1n) is 9.57. The lowest BCUT2D eigenvalue weighted by Gasteiger charge is -2.44. The Labute approximate surface area is 158 Å². The van der Waals surface area contributed by atoms with E-state index in [1.54, 1.807) is 29.2 Å². The Hall–Kier alpha value is -2.54. The fourth-order valence-corrected chi connectivity index (χ4v) is 4.02. The monoisotopic (exact) mass is 367 g/mol. The molecule has 0 saturated carbocycles. The number of carbonyl (C=O) groups excluding carboxylic acids is 1. The smallest absolute Gasteiger partial charge is 0.266 e. The number of rotatable bonds is 5. The zero-order valence-electron chi connectivity index (χ0n) is 15.6. The fourth-order valence-electron chi connectivity index (χ4n) is 4.02. The van der Waals surface area contributed by atoms with E-state index in [4.69, 9.17) is 0 Å². The predicted molar refractivity (Wildman–Crippen MR) is 102 cm³/mol. The van der Waals surface area contributed by atoms with Crippen molar-refractivity contribution in [2.45, 2.75) is 31.8 Å². The van der Waals surface area contributed by atoms with Gasteiger partial charge < -0.3 is 9.80 Å².